The van der Waals surface area contributed by atoms with E-state index in [-0.39, 0.29) is 5.92 Å². The number of aliphatic hydroxyl groups excluding tert-OH is 1. The number of para-hydroxylation sites is 1. The van der Waals surface area contributed by atoms with Gasteiger partial charge in [0.25, 0.3) is 0 Å². The van der Waals surface area contributed by atoms with Crippen molar-refractivity contribution in [3.05, 3.63) is 53.6 Å². The predicted octanol–water partition coefficient (Wildman–Crippen LogP) is 2.95. The Morgan fingerprint density at radius 3 is 2.20 bits per heavy atom. The molecule has 3 unspecified atom stereocenters. The lowest BCUT2D eigenvalue weighted by atomic mass is 9.88. The molecule has 25 heavy (non-hydrogen) atoms. The summed E-state index contributed by atoms with van der Waals surface area (Å²) in [5.41, 5.74) is 8.11. The first-order valence-electron chi connectivity index (χ1n) is 8.29. The first-order valence-corrected chi connectivity index (χ1v) is 8.29. The summed E-state index contributed by atoms with van der Waals surface area (Å²) in [6.07, 6.45) is -0.0837. The van der Waals surface area contributed by atoms with E-state index in [0.29, 0.717) is 29.2 Å². The quantitative estimate of drug-likeness (QED) is 0.769. The van der Waals surface area contributed by atoms with Crippen LogP contribution < -0.4 is 19.9 Å². The van der Waals surface area contributed by atoms with Gasteiger partial charge in [0.15, 0.2) is 11.5 Å². The van der Waals surface area contributed by atoms with Crippen molar-refractivity contribution in [2.75, 3.05) is 21.3 Å². The van der Waals surface area contributed by atoms with E-state index >= 15 is 0 Å². The molecule has 3 N–H and O–H groups in total. The molecule has 0 fully saturated rings. The molecule has 0 aromatic heterocycles. The number of aliphatic hydroxyl groups is 1. The molecular formula is C20H27NO4. The second kappa shape index (κ2) is 8.74. The fraction of sp³-hybridized carbons (Fsp3) is 0.400. The van der Waals surface area contributed by atoms with Crippen LogP contribution in [0.15, 0.2) is 42.5 Å². The topological polar surface area (TPSA) is 73.9 Å². The van der Waals surface area contributed by atoms with Gasteiger partial charge in [0.2, 0.25) is 0 Å². The van der Waals surface area contributed by atoms with E-state index in [2.05, 4.69) is 0 Å². The zero-order valence-electron chi connectivity index (χ0n) is 15.2. The molecule has 5 heteroatoms. The highest BCUT2D eigenvalue weighted by Crippen LogP contribution is 2.32. The first kappa shape index (κ1) is 19.1. The van der Waals surface area contributed by atoms with Gasteiger partial charge >= 0.3 is 0 Å². The number of ether oxygens (including phenoxy) is 3. The van der Waals surface area contributed by atoms with Crippen molar-refractivity contribution in [1.82, 2.24) is 0 Å². The summed E-state index contributed by atoms with van der Waals surface area (Å²) in [5, 5.41) is 10.7. The van der Waals surface area contributed by atoms with Crippen LogP contribution in [0.1, 0.15) is 24.2 Å². The maximum atomic E-state index is 10.7. The minimum atomic E-state index is -0.800. The maximum absolute atomic E-state index is 10.7. The van der Waals surface area contributed by atoms with E-state index in [1.807, 2.05) is 49.4 Å². The van der Waals surface area contributed by atoms with Gasteiger partial charge in [-0.05, 0) is 36.1 Å². The fourth-order valence-corrected chi connectivity index (χ4v) is 2.94. The Morgan fingerprint density at radius 1 is 0.920 bits per heavy atom. The molecule has 0 bridgehead atoms. The van der Waals surface area contributed by atoms with Crippen LogP contribution in [-0.4, -0.2) is 32.5 Å². The molecule has 0 aliphatic rings. The number of hydrogen-bond acceptors (Lipinski definition) is 5. The van der Waals surface area contributed by atoms with Gasteiger partial charge in [-0.15, -0.1) is 0 Å². The van der Waals surface area contributed by atoms with Gasteiger partial charge in [-0.2, -0.15) is 0 Å². The van der Waals surface area contributed by atoms with Crippen molar-refractivity contribution in [3.8, 4) is 17.2 Å². The smallest absolute Gasteiger partial charge is 0.160 e. The first-order chi connectivity index (χ1) is 12.0. The maximum Gasteiger partial charge on any atom is 0.160 e. The van der Waals surface area contributed by atoms with E-state index in [0.717, 1.165) is 5.56 Å². The van der Waals surface area contributed by atoms with Crippen molar-refractivity contribution in [1.29, 1.82) is 0 Å². The third-order valence-corrected chi connectivity index (χ3v) is 4.48. The van der Waals surface area contributed by atoms with Crippen LogP contribution in [0.5, 0.6) is 17.2 Å². The predicted molar refractivity (Wildman–Crippen MR) is 98.3 cm³/mol. The van der Waals surface area contributed by atoms with Gasteiger partial charge in [0.05, 0.1) is 27.4 Å². The zero-order valence-corrected chi connectivity index (χ0v) is 15.2. The summed E-state index contributed by atoms with van der Waals surface area (Å²) in [4.78, 5) is 0. The Bertz CT molecular complexity index is 689. The molecule has 0 amide bonds. The molecular weight excluding hydrogens is 318 g/mol. The lowest BCUT2D eigenvalue weighted by molar-refractivity contribution is 0.118. The number of methoxy groups -OCH3 is 3. The van der Waals surface area contributed by atoms with E-state index in [1.165, 1.54) is 0 Å². The molecule has 5 nitrogen and oxygen atoms in total. The second-order valence-electron chi connectivity index (χ2n) is 6.13. The van der Waals surface area contributed by atoms with E-state index in [4.69, 9.17) is 19.9 Å². The van der Waals surface area contributed by atoms with Crippen LogP contribution in [0, 0.1) is 5.92 Å². The Morgan fingerprint density at radius 2 is 1.56 bits per heavy atom. The summed E-state index contributed by atoms with van der Waals surface area (Å²) in [6.45, 7) is 2.03. The molecule has 2 rings (SSSR count). The van der Waals surface area contributed by atoms with Gasteiger partial charge < -0.3 is 25.1 Å². The van der Waals surface area contributed by atoms with Crippen LogP contribution in [-0.2, 0) is 6.42 Å². The molecule has 2 aromatic rings. The van der Waals surface area contributed by atoms with Crippen molar-refractivity contribution < 1.29 is 19.3 Å². The number of benzene rings is 2. The standard InChI is InChI=1S/C20H27NO4/c1-13(11-14-9-10-17(24-3)18(12-14)25-4)19(21)20(22)15-7-5-6-8-16(15)23-2/h5-10,12-13,19-20,22H,11,21H2,1-4H3. The Balaban J connectivity index is 2.13. The summed E-state index contributed by atoms with van der Waals surface area (Å²) in [7, 11) is 4.81. The molecule has 136 valence electrons. The molecule has 2 aromatic carbocycles. The zero-order chi connectivity index (χ0) is 18.4. The van der Waals surface area contributed by atoms with Crippen molar-refractivity contribution >= 4 is 0 Å². The van der Waals surface area contributed by atoms with Gasteiger partial charge in [-0.3, -0.25) is 0 Å². The Kier molecular flexibility index (Phi) is 6.67. The molecule has 0 aliphatic heterocycles. The summed E-state index contributed by atoms with van der Waals surface area (Å²) in [5.74, 6) is 2.07. The molecule has 0 spiro atoms. The Hall–Kier alpha value is -2.24. The molecule has 0 aliphatic carbocycles. The van der Waals surface area contributed by atoms with Crippen molar-refractivity contribution in [2.45, 2.75) is 25.5 Å². The summed E-state index contributed by atoms with van der Waals surface area (Å²) >= 11 is 0. The highest BCUT2D eigenvalue weighted by Gasteiger charge is 2.25. The highest BCUT2D eigenvalue weighted by molar-refractivity contribution is 5.43. The second-order valence-corrected chi connectivity index (χ2v) is 6.13. The normalized spacial score (nSPS) is 14.5. The third kappa shape index (κ3) is 4.44. The minimum Gasteiger partial charge on any atom is -0.496 e. The molecule has 3 atom stereocenters. The number of hydrogen-bond donors (Lipinski definition) is 2. The van der Waals surface area contributed by atoms with Crippen LogP contribution in [0.2, 0.25) is 0 Å². The molecule has 0 saturated heterocycles. The fourth-order valence-electron chi connectivity index (χ4n) is 2.94. The van der Waals surface area contributed by atoms with Crippen molar-refractivity contribution in [2.24, 2.45) is 11.7 Å². The molecule has 0 radical (unpaired) electrons. The lowest BCUT2D eigenvalue weighted by Gasteiger charge is -2.26. The van der Waals surface area contributed by atoms with Gasteiger partial charge in [0.1, 0.15) is 5.75 Å². The SMILES string of the molecule is COc1ccc(CC(C)C(N)C(O)c2ccccc2OC)cc1OC. The van der Waals surface area contributed by atoms with E-state index in [1.54, 1.807) is 21.3 Å². The largest absolute Gasteiger partial charge is 0.496 e. The summed E-state index contributed by atoms with van der Waals surface area (Å²) in [6, 6.07) is 12.8. The van der Waals surface area contributed by atoms with E-state index < -0.39 is 12.1 Å². The van der Waals surface area contributed by atoms with Gasteiger partial charge in [-0.25, -0.2) is 0 Å². The lowest BCUT2D eigenvalue weighted by Crippen LogP contribution is -2.36. The number of rotatable bonds is 8. The summed E-state index contributed by atoms with van der Waals surface area (Å²) < 4.78 is 15.9. The van der Waals surface area contributed by atoms with Gasteiger partial charge in [-0.1, -0.05) is 31.2 Å². The number of nitrogens with two attached hydrogens (primary N) is 1. The van der Waals surface area contributed by atoms with E-state index in [9.17, 15) is 5.11 Å². The minimum absolute atomic E-state index is 0.0537. The van der Waals surface area contributed by atoms with Crippen LogP contribution in [0.25, 0.3) is 0 Å². The van der Waals surface area contributed by atoms with Gasteiger partial charge in [0, 0.05) is 11.6 Å². The van der Waals surface area contributed by atoms with Crippen molar-refractivity contribution in [3.63, 3.8) is 0 Å². The average Bonchev–Trinajstić information content (AvgIpc) is 2.66. The average molecular weight is 345 g/mol. The van der Waals surface area contributed by atoms with Crippen LogP contribution in [0.4, 0.5) is 0 Å². The highest BCUT2D eigenvalue weighted by atomic mass is 16.5. The monoisotopic (exact) mass is 345 g/mol. The van der Waals surface area contributed by atoms with Crippen LogP contribution >= 0.6 is 0 Å². The third-order valence-electron chi connectivity index (χ3n) is 4.48. The Labute approximate surface area is 149 Å². The molecule has 0 saturated carbocycles. The van der Waals surface area contributed by atoms with Crippen LogP contribution in [0.3, 0.4) is 0 Å². The molecule has 0 heterocycles.